The molecule has 3 rings (SSSR count). The van der Waals surface area contributed by atoms with Crippen molar-refractivity contribution in [3.05, 3.63) is 77.9 Å². The van der Waals surface area contributed by atoms with Crippen molar-refractivity contribution in [1.29, 1.82) is 0 Å². The minimum atomic E-state index is -0.254. The first-order valence-corrected chi connectivity index (χ1v) is 8.09. The van der Waals surface area contributed by atoms with Crippen LogP contribution in [0.2, 0.25) is 0 Å². The third-order valence-electron chi connectivity index (χ3n) is 3.81. The maximum Gasteiger partial charge on any atom is 0.155 e. The van der Waals surface area contributed by atoms with Gasteiger partial charge in [-0.1, -0.05) is 42.5 Å². The van der Waals surface area contributed by atoms with Gasteiger partial charge >= 0.3 is 0 Å². The van der Waals surface area contributed by atoms with Gasteiger partial charge in [-0.15, -0.1) is 0 Å². The van der Waals surface area contributed by atoms with Gasteiger partial charge in [0.2, 0.25) is 0 Å². The molecule has 0 aliphatic heterocycles. The van der Waals surface area contributed by atoms with E-state index >= 15 is 0 Å². The number of hydrogen-bond acceptors (Lipinski definition) is 5. The first-order chi connectivity index (χ1) is 12.2. The molecule has 6 heteroatoms. The molecule has 3 aromatic rings. The zero-order valence-corrected chi connectivity index (χ0v) is 13.7. The van der Waals surface area contributed by atoms with Crippen LogP contribution in [0.5, 0.6) is 0 Å². The zero-order chi connectivity index (χ0) is 17.5. The second-order valence-electron chi connectivity index (χ2n) is 5.63. The molecule has 0 atom stereocenters. The van der Waals surface area contributed by atoms with E-state index in [1.165, 1.54) is 24.0 Å². The molecule has 0 bridgehead atoms. The fourth-order valence-corrected chi connectivity index (χ4v) is 2.44. The predicted molar refractivity (Wildman–Crippen MR) is 98.8 cm³/mol. The molecule has 0 aliphatic rings. The molecule has 0 spiro atoms. The number of anilines is 3. The fourth-order valence-electron chi connectivity index (χ4n) is 2.44. The number of rotatable bonds is 7. The van der Waals surface area contributed by atoms with E-state index < -0.39 is 0 Å². The zero-order valence-electron chi connectivity index (χ0n) is 13.7. The number of hydrogen-bond donors (Lipinski definition) is 3. The lowest BCUT2D eigenvalue weighted by Gasteiger charge is -2.12. The molecule has 0 radical (unpaired) electrons. The number of halogens is 1. The van der Waals surface area contributed by atoms with E-state index in [0.29, 0.717) is 23.9 Å². The first-order valence-electron chi connectivity index (χ1n) is 8.09. The highest BCUT2D eigenvalue weighted by Gasteiger charge is 2.07. The molecular weight excluding hydrogens is 317 g/mol. The minimum absolute atomic E-state index is 0.254. The smallest absolute Gasteiger partial charge is 0.155 e. The molecule has 2 aromatic carbocycles. The minimum Gasteiger partial charge on any atom is -0.393 e. The third-order valence-corrected chi connectivity index (χ3v) is 3.81. The van der Waals surface area contributed by atoms with Gasteiger partial charge in [0.15, 0.2) is 11.6 Å². The summed E-state index contributed by atoms with van der Waals surface area (Å²) in [6.45, 7) is 1.23. The van der Waals surface area contributed by atoms with E-state index in [9.17, 15) is 4.39 Å². The molecular formula is C19H20FN5. The SMILES string of the molecule is Nc1c(NCCc2ccccc2)ncnc1NCc1ccc(F)cc1. The lowest BCUT2D eigenvalue weighted by Crippen LogP contribution is -2.11. The quantitative estimate of drug-likeness (QED) is 0.615. The molecule has 25 heavy (non-hydrogen) atoms. The summed E-state index contributed by atoms with van der Waals surface area (Å²) in [6.07, 6.45) is 2.34. The number of nitrogens with zero attached hydrogens (tertiary/aromatic N) is 2. The van der Waals surface area contributed by atoms with Gasteiger partial charge in [-0.3, -0.25) is 0 Å². The molecule has 5 nitrogen and oxygen atoms in total. The largest absolute Gasteiger partial charge is 0.393 e. The summed E-state index contributed by atoms with van der Waals surface area (Å²) in [5.41, 5.74) is 8.80. The summed E-state index contributed by atoms with van der Waals surface area (Å²) in [5, 5.41) is 6.40. The van der Waals surface area contributed by atoms with Crippen molar-refractivity contribution in [2.24, 2.45) is 0 Å². The Kier molecular flexibility index (Phi) is 5.41. The topological polar surface area (TPSA) is 75.9 Å². The van der Waals surface area contributed by atoms with E-state index in [2.05, 4.69) is 32.7 Å². The van der Waals surface area contributed by atoms with Crippen LogP contribution in [0, 0.1) is 5.82 Å². The average molecular weight is 337 g/mol. The first kappa shape index (κ1) is 16.7. The van der Waals surface area contributed by atoms with Crippen molar-refractivity contribution in [3.8, 4) is 0 Å². The number of nitrogens with one attached hydrogen (secondary N) is 2. The molecule has 0 fully saturated rings. The van der Waals surface area contributed by atoms with Crippen molar-refractivity contribution in [2.45, 2.75) is 13.0 Å². The van der Waals surface area contributed by atoms with Gasteiger partial charge in [-0.2, -0.15) is 0 Å². The van der Waals surface area contributed by atoms with E-state index in [0.717, 1.165) is 18.5 Å². The second-order valence-corrected chi connectivity index (χ2v) is 5.63. The Morgan fingerprint density at radius 2 is 1.52 bits per heavy atom. The fraction of sp³-hybridized carbons (Fsp3) is 0.158. The van der Waals surface area contributed by atoms with Crippen molar-refractivity contribution < 1.29 is 4.39 Å². The summed E-state index contributed by atoms with van der Waals surface area (Å²) in [5.74, 6) is 0.907. The maximum atomic E-state index is 12.9. The van der Waals surface area contributed by atoms with Gasteiger partial charge in [0.1, 0.15) is 17.8 Å². The highest BCUT2D eigenvalue weighted by Crippen LogP contribution is 2.22. The van der Waals surface area contributed by atoms with E-state index in [-0.39, 0.29) is 5.82 Å². The Morgan fingerprint density at radius 3 is 2.24 bits per heavy atom. The van der Waals surface area contributed by atoms with Crippen LogP contribution >= 0.6 is 0 Å². The summed E-state index contributed by atoms with van der Waals surface area (Å²) in [7, 11) is 0. The Labute approximate surface area is 146 Å². The van der Waals surface area contributed by atoms with E-state index in [1.807, 2.05) is 18.2 Å². The molecule has 128 valence electrons. The Morgan fingerprint density at radius 1 is 0.840 bits per heavy atom. The lowest BCUT2D eigenvalue weighted by molar-refractivity contribution is 0.627. The van der Waals surface area contributed by atoms with Gasteiger partial charge in [0.05, 0.1) is 0 Å². The molecule has 1 heterocycles. The number of aromatic nitrogens is 2. The molecule has 4 N–H and O–H groups in total. The van der Waals surface area contributed by atoms with Crippen molar-refractivity contribution in [2.75, 3.05) is 22.9 Å². The second kappa shape index (κ2) is 8.10. The summed E-state index contributed by atoms with van der Waals surface area (Å²) >= 11 is 0. The van der Waals surface area contributed by atoms with Crippen molar-refractivity contribution in [3.63, 3.8) is 0 Å². The Balaban J connectivity index is 1.58. The predicted octanol–water partition coefficient (Wildman–Crippen LogP) is 3.46. The molecule has 0 saturated heterocycles. The van der Waals surface area contributed by atoms with E-state index in [4.69, 9.17) is 5.73 Å². The van der Waals surface area contributed by atoms with Crippen LogP contribution in [-0.4, -0.2) is 16.5 Å². The average Bonchev–Trinajstić information content (AvgIpc) is 2.64. The standard InChI is InChI=1S/C19H20FN5/c20-16-8-6-15(7-9-16)12-23-19-17(21)18(24-13-25-19)22-11-10-14-4-2-1-3-5-14/h1-9,13H,10-12,21H2,(H2,22,23,24,25). The van der Waals surface area contributed by atoms with Crippen LogP contribution in [0.15, 0.2) is 60.9 Å². The monoisotopic (exact) mass is 337 g/mol. The number of benzene rings is 2. The van der Waals surface area contributed by atoms with Crippen molar-refractivity contribution >= 4 is 17.3 Å². The Bertz CT molecular complexity index is 806. The highest BCUT2D eigenvalue weighted by molar-refractivity contribution is 5.73. The number of nitrogens with two attached hydrogens (primary N) is 1. The Hall–Kier alpha value is -3.15. The van der Waals surface area contributed by atoms with Gasteiger partial charge in [-0.05, 0) is 29.7 Å². The van der Waals surface area contributed by atoms with Crippen LogP contribution in [-0.2, 0) is 13.0 Å². The molecule has 1 aromatic heterocycles. The van der Waals surface area contributed by atoms with E-state index in [1.54, 1.807) is 12.1 Å². The highest BCUT2D eigenvalue weighted by atomic mass is 19.1. The van der Waals surface area contributed by atoms with Crippen LogP contribution < -0.4 is 16.4 Å². The summed E-state index contributed by atoms with van der Waals surface area (Å²) in [6, 6.07) is 16.5. The van der Waals surface area contributed by atoms with Gasteiger partial charge in [-0.25, -0.2) is 14.4 Å². The van der Waals surface area contributed by atoms with Gasteiger partial charge in [0.25, 0.3) is 0 Å². The normalized spacial score (nSPS) is 10.4. The third kappa shape index (κ3) is 4.67. The maximum absolute atomic E-state index is 12.9. The molecule has 0 amide bonds. The van der Waals surface area contributed by atoms with Crippen LogP contribution in [0.4, 0.5) is 21.7 Å². The molecule has 0 aliphatic carbocycles. The van der Waals surface area contributed by atoms with Crippen LogP contribution in [0.3, 0.4) is 0 Å². The molecule has 0 saturated carbocycles. The summed E-state index contributed by atoms with van der Waals surface area (Å²) in [4.78, 5) is 8.38. The van der Waals surface area contributed by atoms with Crippen LogP contribution in [0.25, 0.3) is 0 Å². The van der Waals surface area contributed by atoms with Crippen molar-refractivity contribution in [1.82, 2.24) is 9.97 Å². The van der Waals surface area contributed by atoms with Gasteiger partial charge in [0, 0.05) is 13.1 Å². The lowest BCUT2D eigenvalue weighted by atomic mass is 10.1. The summed E-state index contributed by atoms with van der Waals surface area (Å²) < 4.78 is 12.9. The van der Waals surface area contributed by atoms with Crippen LogP contribution in [0.1, 0.15) is 11.1 Å². The number of nitrogen functional groups attached to an aromatic ring is 1. The molecule has 0 unspecified atom stereocenters. The van der Waals surface area contributed by atoms with Gasteiger partial charge < -0.3 is 16.4 Å².